The average molecular weight is 387 g/mol. The number of esters is 1. The van der Waals surface area contributed by atoms with Gasteiger partial charge in [0.15, 0.2) is 5.82 Å². The second kappa shape index (κ2) is 8.41. The van der Waals surface area contributed by atoms with Gasteiger partial charge in [-0.15, -0.1) is 10.2 Å². The van der Waals surface area contributed by atoms with Gasteiger partial charge in [0.25, 0.3) is 5.88 Å². The number of nitrogens with zero attached hydrogens (tertiary/aromatic N) is 4. The fraction of sp³-hybridized carbons (Fsp3) is 0.167. The molecule has 3 rings (SSSR count). The van der Waals surface area contributed by atoms with Crippen LogP contribution in [-0.4, -0.2) is 39.9 Å². The highest BCUT2D eigenvalue weighted by atomic mass is 35.5. The predicted octanol–water partition coefficient (Wildman–Crippen LogP) is 3.56. The first kappa shape index (κ1) is 18.5. The van der Waals surface area contributed by atoms with E-state index in [0.29, 0.717) is 22.2 Å². The molecule has 8 nitrogen and oxygen atoms in total. The molecule has 0 spiro atoms. The summed E-state index contributed by atoms with van der Waals surface area (Å²) >= 11 is 5.78. The lowest BCUT2D eigenvalue weighted by Gasteiger charge is -2.10. The van der Waals surface area contributed by atoms with Crippen LogP contribution in [0.25, 0.3) is 11.4 Å². The topological polar surface area (TPSA) is 96.3 Å². The number of methoxy groups -OCH3 is 1. The maximum Gasteiger partial charge on any atom is 0.364 e. The number of halogens is 1. The Hall–Kier alpha value is -3.26. The average Bonchev–Trinajstić information content (AvgIpc) is 2.70. The molecule has 0 bridgehead atoms. The van der Waals surface area contributed by atoms with Gasteiger partial charge in [0.1, 0.15) is 16.7 Å². The Morgan fingerprint density at radius 1 is 1.15 bits per heavy atom. The highest BCUT2D eigenvalue weighted by molar-refractivity contribution is 6.29. The highest BCUT2D eigenvalue weighted by Crippen LogP contribution is 2.26. The van der Waals surface area contributed by atoms with Gasteiger partial charge in [0.2, 0.25) is 5.69 Å². The number of pyridine rings is 1. The molecule has 0 fully saturated rings. The van der Waals surface area contributed by atoms with Crippen molar-refractivity contribution in [2.75, 3.05) is 13.7 Å². The Balaban J connectivity index is 2.02. The summed E-state index contributed by atoms with van der Waals surface area (Å²) in [6.45, 7) is 1.87. The largest absolute Gasteiger partial charge is 0.497 e. The third kappa shape index (κ3) is 4.48. The summed E-state index contributed by atoms with van der Waals surface area (Å²) in [5.74, 6) is 0.493. The van der Waals surface area contributed by atoms with Gasteiger partial charge in [0.05, 0.1) is 19.9 Å². The third-order valence-electron chi connectivity index (χ3n) is 3.37. The van der Waals surface area contributed by atoms with Crippen LogP contribution in [0, 0.1) is 0 Å². The Morgan fingerprint density at radius 2 is 2.00 bits per heavy atom. The monoisotopic (exact) mass is 386 g/mol. The highest BCUT2D eigenvalue weighted by Gasteiger charge is 2.21. The second-order valence-electron chi connectivity index (χ2n) is 5.16. The molecule has 0 saturated carbocycles. The van der Waals surface area contributed by atoms with E-state index in [-0.39, 0.29) is 24.0 Å². The van der Waals surface area contributed by atoms with Crippen LogP contribution >= 0.6 is 11.6 Å². The number of ether oxygens (including phenoxy) is 3. The molecule has 0 unspecified atom stereocenters. The van der Waals surface area contributed by atoms with Crippen molar-refractivity contribution >= 4 is 17.6 Å². The molecule has 27 heavy (non-hydrogen) atoms. The van der Waals surface area contributed by atoms with Gasteiger partial charge < -0.3 is 14.2 Å². The van der Waals surface area contributed by atoms with E-state index in [1.807, 2.05) is 0 Å². The summed E-state index contributed by atoms with van der Waals surface area (Å²) < 4.78 is 15.9. The van der Waals surface area contributed by atoms with E-state index in [2.05, 4.69) is 20.2 Å². The van der Waals surface area contributed by atoms with Gasteiger partial charge in [-0.1, -0.05) is 23.7 Å². The number of hydrogen-bond acceptors (Lipinski definition) is 8. The van der Waals surface area contributed by atoms with E-state index in [4.69, 9.17) is 25.8 Å². The fourth-order valence-corrected chi connectivity index (χ4v) is 2.24. The van der Waals surface area contributed by atoms with E-state index >= 15 is 0 Å². The minimum atomic E-state index is -0.688. The van der Waals surface area contributed by atoms with E-state index in [1.54, 1.807) is 50.4 Å². The summed E-state index contributed by atoms with van der Waals surface area (Å²) in [5.41, 5.74) is 0.509. The quantitative estimate of drug-likeness (QED) is 0.468. The molecule has 3 aromatic rings. The molecule has 0 aliphatic carbocycles. The first-order valence-corrected chi connectivity index (χ1v) is 8.34. The van der Waals surface area contributed by atoms with Crippen LogP contribution in [0.1, 0.15) is 17.4 Å². The minimum Gasteiger partial charge on any atom is -0.497 e. The minimum absolute atomic E-state index is 0.0506. The zero-order chi connectivity index (χ0) is 19.2. The van der Waals surface area contributed by atoms with Crippen molar-refractivity contribution < 1.29 is 19.0 Å². The van der Waals surface area contributed by atoms with Crippen molar-refractivity contribution in [2.45, 2.75) is 6.92 Å². The lowest BCUT2D eigenvalue weighted by atomic mass is 10.2. The molecule has 0 aliphatic rings. The van der Waals surface area contributed by atoms with Crippen LogP contribution < -0.4 is 9.47 Å². The van der Waals surface area contributed by atoms with Gasteiger partial charge in [-0.05, 0) is 31.2 Å². The lowest BCUT2D eigenvalue weighted by molar-refractivity contribution is 0.0514. The van der Waals surface area contributed by atoms with E-state index in [9.17, 15) is 4.79 Å². The number of carbonyl (C=O) groups is 1. The smallest absolute Gasteiger partial charge is 0.364 e. The first-order valence-electron chi connectivity index (χ1n) is 7.96. The maximum atomic E-state index is 12.2. The van der Waals surface area contributed by atoms with Crippen LogP contribution in [0.5, 0.6) is 17.4 Å². The predicted molar refractivity (Wildman–Crippen MR) is 97.1 cm³/mol. The molecule has 1 aromatic carbocycles. The Morgan fingerprint density at radius 3 is 2.70 bits per heavy atom. The normalized spacial score (nSPS) is 10.3. The molecule has 0 aliphatic heterocycles. The summed E-state index contributed by atoms with van der Waals surface area (Å²) in [5, 5.41) is 8.26. The summed E-state index contributed by atoms with van der Waals surface area (Å²) in [6, 6.07) is 10.3. The number of benzene rings is 1. The van der Waals surface area contributed by atoms with E-state index in [0.717, 1.165) is 0 Å². The van der Waals surface area contributed by atoms with Gasteiger partial charge in [-0.25, -0.2) is 9.78 Å². The molecular weight excluding hydrogens is 372 g/mol. The molecule has 0 atom stereocenters. The van der Waals surface area contributed by atoms with Crippen molar-refractivity contribution in [3.63, 3.8) is 0 Å². The van der Waals surface area contributed by atoms with Crippen molar-refractivity contribution in [1.82, 2.24) is 20.2 Å². The van der Waals surface area contributed by atoms with Crippen LogP contribution in [0.2, 0.25) is 5.15 Å². The summed E-state index contributed by atoms with van der Waals surface area (Å²) in [6.07, 6.45) is 1.41. The van der Waals surface area contributed by atoms with Crippen molar-refractivity contribution in [3.05, 3.63) is 53.4 Å². The van der Waals surface area contributed by atoms with Crippen LogP contribution in [0.4, 0.5) is 0 Å². The van der Waals surface area contributed by atoms with E-state index in [1.165, 1.54) is 6.20 Å². The molecular formula is C18H15ClN4O4. The lowest BCUT2D eigenvalue weighted by Crippen LogP contribution is -2.12. The number of rotatable bonds is 6. The molecule has 138 valence electrons. The van der Waals surface area contributed by atoms with E-state index < -0.39 is 5.97 Å². The third-order valence-corrected chi connectivity index (χ3v) is 3.59. The summed E-state index contributed by atoms with van der Waals surface area (Å²) in [7, 11) is 1.56. The molecule has 2 aromatic heterocycles. The standard InChI is InChI=1S/C18H15ClN4O4/c1-3-26-18(24)15-17(27-13-7-8-14(19)20-10-13)21-16(23-22-15)11-5-4-6-12(9-11)25-2/h4-10H,3H2,1-2H3. The van der Waals surface area contributed by atoms with Gasteiger partial charge in [-0.3, -0.25) is 0 Å². The van der Waals surface area contributed by atoms with Crippen molar-refractivity contribution in [3.8, 4) is 28.8 Å². The molecule has 2 heterocycles. The van der Waals surface area contributed by atoms with Crippen LogP contribution in [-0.2, 0) is 4.74 Å². The molecule has 9 heteroatoms. The van der Waals surface area contributed by atoms with Gasteiger partial charge >= 0.3 is 5.97 Å². The van der Waals surface area contributed by atoms with Crippen LogP contribution in [0.15, 0.2) is 42.6 Å². The zero-order valence-electron chi connectivity index (χ0n) is 14.5. The number of carbonyl (C=O) groups excluding carboxylic acids is 1. The second-order valence-corrected chi connectivity index (χ2v) is 5.55. The Bertz CT molecular complexity index is 950. The zero-order valence-corrected chi connectivity index (χ0v) is 15.3. The first-order chi connectivity index (χ1) is 13.1. The van der Waals surface area contributed by atoms with Crippen LogP contribution in [0.3, 0.4) is 0 Å². The molecule has 0 radical (unpaired) electrons. The number of hydrogen-bond donors (Lipinski definition) is 0. The molecule has 0 saturated heterocycles. The Kier molecular flexibility index (Phi) is 5.77. The Labute approximate surface area is 160 Å². The van der Waals surface area contributed by atoms with Crippen molar-refractivity contribution in [1.29, 1.82) is 0 Å². The summed E-state index contributed by atoms with van der Waals surface area (Å²) in [4.78, 5) is 20.4. The number of aromatic nitrogens is 4. The molecule has 0 N–H and O–H groups in total. The van der Waals surface area contributed by atoms with Crippen molar-refractivity contribution in [2.24, 2.45) is 0 Å². The maximum absolute atomic E-state index is 12.2. The SMILES string of the molecule is CCOC(=O)c1nnc(-c2cccc(OC)c2)nc1Oc1ccc(Cl)nc1. The molecule has 0 amide bonds. The van der Waals surface area contributed by atoms with Gasteiger partial charge in [0, 0.05) is 5.56 Å². The fourth-order valence-electron chi connectivity index (χ4n) is 2.13. The van der Waals surface area contributed by atoms with Gasteiger partial charge in [-0.2, -0.15) is 4.98 Å².